The van der Waals surface area contributed by atoms with Gasteiger partial charge in [0, 0.05) is 17.5 Å². The highest BCUT2D eigenvalue weighted by atomic mass is 79.9. The molecule has 3 aromatic carbocycles. The van der Waals surface area contributed by atoms with Crippen LogP contribution in [0.15, 0.2) is 64.5 Å². The first-order valence-electron chi connectivity index (χ1n) is 13.1. The molecule has 0 aliphatic heterocycles. The molecule has 1 heterocycles. The van der Waals surface area contributed by atoms with Crippen LogP contribution in [0.5, 0.6) is 0 Å². The summed E-state index contributed by atoms with van der Waals surface area (Å²) in [4.78, 5) is 36.7. The highest BCUT2D eigenvalue weighted by molar-refractivity contribution is 9.10. The van der Waals surface area contributed by atoms with E-state index in [9.17, 15) is 14.4 Å². The minimum Gasteiger partial charge on any atom is -0.466 e. The standard InChI is InChI=1S/C29H27BrClN5O4S/c1-2-40-26(38)13-14-32-27(39)18-9-11-23(22(31)15-18)33-25(37)16-41-29-35-34-28(30)36(29)24-12-10-19(17-7-8-17)20-5-3-4-6-21(20)24/h3-6,9-12,15,17H,2,7-8,13-14,16H2,1H3,(H,32,39)(H,33,37). The van der Waals surface area contributed by atoms with Gasteiger partial charge < -0.3 is 15.4 Å². The van der Waals surface area contributed by atoms with Gasteiger partial charge in [0.15, 0.2) is 5.16 Å². The Labute approximate surface area is 254 Å². The van der Waals surface area contributed by atoms with Gasteiger partial charge in [-0.1, -0.05) is 53.7 Å². The minimum absolute atomic E-state index is 0.0651. The number of hydrogen-bond donors (Lipinski definition) is 2. The van der Waals surface area contributed by atoms with Gasteiger partial charge in [-0.05, 0) is 76.8 Å². The molecule has 0 radical (unpaired) electrons. The number of halogens is 2. The van der Waals surface area contributed by atoms with Crippen LogP contribution in [0.4, 0.5) is 5.69 Å². The molecule has 2 N–H and O–H groups in total. The molecule has 1 aliphatic carbocycles. The van der Waals surface area contributed by atoms with Crippen LogP contribution in [0, 0.1) is 0 Å². The fourth-order valence-electron chi connectivity index (χ4n) is 4.49. The first-order chi connectivity index (χ1) is 19.9. The van der Waals surface area contributed by atoms with E-state index in [0.717, 1.165) is 11.1 Å². The average molecular weight is 657 g/mol. The molecule has 0 spiro atoms. The lowest BCUT2D eigenvalue weighted by Gasteiger charge is -2.14. The quantitative estimate of drug-likeness (QED) is 0.148. The van der Waals surface area contributed by atoms with E-state index in [1.54, 1.807) is 19.1 Å². The zero-order chi connectivity index (χ0) is 28.9. The summed E-state index contributed by atoms with van der Waals surface area (Å²) in [6, 6.07) is 17.2. The summed E-state index contributed by atoms with van der Waals surface area (Å²) < 4.78 is 7.29. The van der Waals surface area contributed by atoms with E-state index in [-0.39, 0.29) is 48.1 Å². The van der Waals surface area contributed by atoms with E-state index in [0.29, 0.717) is 27.1 Å². The summed E-state index contributed by atoms with van der Waals surface area (Å²) in [6.07, 6.45) is 2.51. The Hall–Kier alpha value is -3.41. The van der Waals surface area contributed by atoms with E-state index in [1.165, 1.54) is 41.6 Å². The van der Waals surface area contributed by atoms with Crippen LogP contribution >= 0.6 is 39.3 Å². The Kier molecular flexibility index (Phi) is 9.26. The normalized spacial score (nSPS) is 12.8. The number of ether oxygens (including phenoxy) is 1. The van der Waals surface area contributed by atoms with Crippen molar-refractivity contribution in [3.05, 3.63) is 75.5 Å². The maximum atomic E-state index is 12.8. The van der Waals surface area contributed by atoms with Gasteiger partial charge in [-0.25, -0.2) is 0 Å². The van der Waals surface area contributed by atoms with E-state index >= 15 is 0 Å². The number of carbonyl (C=O) groups excluding carboxylic acids is 3. The molecular formula is C29H27BrClN5O4S. The molecule has 5 rings (SSSR count). The smallest absolute Gasteiger partial charge is 0.307 e. The maximum absolute atomic E-state index is 12.8. The number of fused-ring (bicyclic) bond motifs is 1. The monoisotopic (exact) mass is 655 g/mol. The third kappa shape index (κ3) is 6.91. The van der Waals surface area contributed by atoms with Gasteiger partial charge in [0.1, 0.15) is 0 Å². The highest BCUT2D eigenvalue weighted by Crippen LogP contribution is 2.44. The molecular weight excluding hydrogens is 630 g/mol. The Morgan fingerprint density at radius 1 is 1.10 bits per heavy atom. The summed E-state index contributed by atoms with van der Waals surface area (Å²) in [5.74, 6) is -0.375. The number of hydrogen-bond acceptors (Lipinski definition) is 7. The molecule has 0 bridgehead atoms. The number of nitrogens with one attached hydrogen (secondary N) is 2. The Morgan fingerprint density at radius 2 is 1.88 bits per heavy atom. The van der Waals surface area contributed by atoms with Crippen LogP contribution in [-0.2, 0) is 14.3 Å². The van der Waals surface area contributed by atoms with Crippen LogP contribution < -0.4 is 10.6 Å². The molecule has 1 saturated carbocycles. The number of carbonyl (C=O) groups is 3. The average Bonchev–Trinajstić information content (AvgIpc) is 3.74. The van der Waals surface area contributed by atoms with Gasteiger partial charge in [0.2, 0.25) is 10.6 Å². The molecule has 4 aromatic rings. The van der Waals surface area contributed by atoms with Crippen molar-refractivity contribution in [1.29, 1.82) is 0 Å². The zero-order valence-electron chi connectivity index (χ0n) is 22.2. The largest absolute Gasteiger partial charge is 0.466 e. The van der Waals surface area contributed by atoms with Gasteiger partial charge in [-0.3, -0.25) is 19.0 Å². The third-order valence-corrected chi connectivity index (χ3v) is 8.30. The lowest BCUT2D eigenvalue weighted by atomic mass is 9.99. The van der Waals surface area contributed by atoms with Crippen LogP contribution in [0.1, 0.15) is 48.0 Å². The fourth-order valence-corrected chi connectivity index (χ4v) is 6.02. The topological polar surface area (TPSA) is 115 Å². The van der Waals surface area contributed by atoms with E-state index < -0.39 is 0 Å². The van der Waals surface area contributed by atoms with Crippen molar-refractivity contribution in [3.63, 3.8) is 0 Å². The molecule has 2 amide bonds. The van der Waals surface area contributed by atoms with E-state index in [1.807, 2.05) is 10.6 Å². The van der Waals surface area contributed by atoms with Crippen molar-refractivity contribution in [3.8, 4) is 5.69 Å². The lowest BCUT2D eigenvalue weighted by molar-refractivity contribution is -0.142. The van der Waals surface area contributed by atoms with Crippen LogP contribution in [0.25, 0.3) is 16.5 Å². The van der Waals surface area contributed by atoms with Gasteiger partial charge in [0.05, 0.1) is 35.2 Å². The zero-order valence-corrected chi connectivity index (χ0v) is 25.3. The van der Waals surface area contributed by atoms with Crippen molar-refractivity contribution in [1.82, 2.24) is 20.1 Å². The number of rotatable bonds is 11. The highest BCUT2D eigenvalue weighted by Gasteiger charge is 2.26. The first-order valence-corrected chi connectivity index (χ1v) is 15.3. The van der Waals surface area contributed by atoms with Gasteiger partial charge in [-0.15, -0.1) is 10.2 Å². The van der Waals surface area contributed by atoms with Crippen LogP contribution in [0.3, 0.4) is 0 Å². The molecule has 41 heavy (non-hydrogen) atoms. The third-order valence-electron chi connectivity index (χ3n) is 6.54. The number of aromatic nitrogens is 3. The first kappa shape index (κ1) is 29.1. The SMILES string of the molecule is CCOC(=O)CCNC(=O)c1ccc(NC(=O)CSc2nnc(Br)n2-c2ccc(C3CC3)c3ccccc23)c(Cl)c1. The molecule has 12 heteroatoms. The summed E-state index contributed by atoms with van der Waals surface area (Å²) >= 11 is 11.1. The summed E-state index contributed by atoms with van der Waals surface area (Å²) in [7, 11) is 0. The Balaban J connectivity index is 1.23. The number of nitrogens with zero attached hydrogens (tertiary/aromatic N) is 3. The fraction of sp³-hybridized carbons (Fsp3) is 0.276. The molecule has 0 saturated heterocycles. The van der Waals surface area contributed by atoms with Gasteiger partial charge in [-0.2, -0.15) is 0 Å². The second kappa shape index (κ2) is 13.1. The lowest BCUT2D eigenvalue weighted by Crippen LogP contribution is -2.26. The van der Waals surface area contributed by atoms with E-state index in [2.05, 4.69) is 67.1 Å². The van der Waals surface area contributed by atoms with Crippen LogP contribution in [-0.4, -0.2) is 51.5 Å². The number of amides is 2. The number of esters is 1. The summed E-state index contributed by atoms with van der Waals surface area (Å²) in [6.45, 7) is 2.15. The molecule has 0 atom stereocenters. The van der Waals surface area contributed by atoms with Crippen molar-refractivity contribution in [2.75, 3.05) is 24.2 Å². The van der Waals surface area contributed by atoms with Crippen LogP contribution in [0.2, 0.25) is 5.02 Å². The number of thioether (sulfide) groups is 1. The molecule has 212 valence electrons. The predicted molar refractivity (Wildman–Crippen MR) is 163 cm³/mol. The van der Waals surface area contributed by atoms with Crippen molar-refractivity contribution in [2.45, 2.75) is 37.3 Å². The molecule has 0 unspecified atom stereocenters. The number of benzene rings is 3. The summed E-state index contributed by atoms with van der Waals surface area (Å²) in [5.41, 5.74) is 2.98. The molecule has 1 aromatic heterocycles. The molecule has 1 aliphatic rings. The molecule has 1 fully saturated rings. The van der Waals surface area contributed by atoms with Crippen molar-refractivity contribution < 1.29 is 19.1 Å². The van der Waals surface area contributed by atoms with Crippen molar-refractivity contribution >= 4 is 73.5 Å². The summed E-state index contributed by atoms with van der Waals surface area (Å²) in [5, 5.41) is 17.0. The predicted octanol–water partition coefficient (Wildman–Crippen LogP) is 6.13. The minimum atomic E-state index is -0.382. The van der Waals surface area contributed by atoms with Gasteiger partial charge >= 0.3 is 5.97 Å². The van der Waals surface area contributed by atoms with Gasteiger partial charge in [0.25, 0.3) is 5.91 Å². The number of anilines is 1. The van der Waals surface area contributed by atoms with E-state index in [4.69, 9.17) is 16.3 Å². The maximum Gasteiger partial charge on any atom is 0.307 e. The second-order valence-electron chi connectivity index (χ2n) is 9.42. The second-order valence-corrected chi connectivity index (χ2v) is 11.5. The molecule has 9 nitrogen and oxygen atoms in total. The Morgan fingerprint density at radius 3 is 2.61 bits per heavy atom. The Bertz CT molecular complexity index is 1620. The van der Waals surface area contributed by atoms with Crippen molar-refractivity contribution in [2.24, 2.45) is 0 Å².